The number of carbonyl (C=O) groups excluding carboxylic acids is 1. The van der Waals surface area contributed by atoms with E-state index >= 15 is 0 Å². The van der Waals surface area contributed by atoms with E-state index in [0.29, 0.717) is 0 Å². The third-order valence-electron chi connectivity index (χ3n) is 2.02. The van der Waals surface area contributed by atoms with E-state index in [4.69, 9.17) is 5.11 Å². The van der Waals surface area contributed by atoms with Crippen molar-refractivity contribution in [2.24, 2.45) is 5.92 Å². The number of halogens is 3. The van der Waals surface area contributed by atoms with E-state index in [-0.39, 0.29) is 31.7 Å². The number of hydrogen-bond donors (Lipinski definition) is 2. The fourth-order valence-corrected chi connectivity index (χ4v) is 1.28. The summed E-state index contributed by atoms with van der Waals surface area (Å²) in [5, 5.41) is 10.8. The first-order chi connectivity index (χ1) is 7.70. The van der Waals surface area contributed by atoms with Crippen molar-refractivity contribution in [3.05, 3.63) is 0 Å². The molecule has 0 heterocycles. The van der Waals surface area contributed by atoms with Crippen LogP contribution in [0.15, 0.2) is 0 Å². The SMILES string of the molecule is CC(CC(=O)O)CC(=O)NCCCC(F)(F)F. The average molecular weight is 255 g/mol. The van der Waals surface area contributed by atoms with E-state index in [1.807, 2.05) is 0 Å². The summed E-state index contributed by atoms with van der Waals surface area (Å²) in [7, 11) is 0. The van der Waals surface area contributed by atoms with Crippen LogP contribution >= 0.6 is 0 Å². The van der Waals surface area contributed by atoms with E-state index in [1.165, 1.54) is 0 Å². The van der Waals surface area contributed by atoms with Gasteiger partial charge in [-0.2, -0.15) is 13.2 Å². The second-order valence-electron chi connectivity index (χ2n) is 3.98. The lowest BCUT2D eigenvalue weighted by Gasteiger charge is -2.10. The molecule has 0 aromatic carbocycles. The van der Waals surface area contributed by atoms with Gasteiger partial charge in [-0.05, 0) is 12.3 Å². The smallest absolute Gasteiger partial charge is 0.389 e. The van der Waals surface area contributed by atoms with Gasteiger partial charge in [-0.15, -0.1) is 0 Å². The number of aliphatic carboxylic acids is 1. The molecular formula is C10H16F3NO3. The first kappa shape index (κ1) is 15.7. The summed E-state index contributed by atoms with van der Waals surface area (Å²) in [5.74, 6) is -1.74. The third kappa shape index (κ3) is 11.0. The lowest BCUT2D eigenvalue weighted by molar-refractivity contribution is -0.139. The molecule has 0 aromatic heterocycles. The van der Waals surface area contributed by atoms with Crippen molar-refractivity contribution in [3.63, 3.8) is 0 Å². The molecule has 0 aliphatic heterocycles. The second kappa shape index (κ2) is 7.13. The number of carbonyl (C=O) groups is 2. The summed E-state index contributed by atoms with van der Waals surface area (Å²) >= 11 is 0. The number of amides is 1. The predicted octanol–water partition coefficient (Wildman–Crippen LogP) is 1.95. The Kier molecular flexibility index (Phi) is 6.60. The fraction of sp³-hybridized carbons (Fsp3) is 0.800. The second-order valence-corrected chi connectivity index (χ2v) is 3.98. The Hall–Kier alpha value is -1.27. The molecule has 4 nitrogen and oxygen atoms in total. The summed E-state index contributed by atoms with van der Waals surface area (Å²) in [6.07, 6.45) is -5.42. The molecule has 0 saturated carbocycles. The average Bonchev–Trinajstić information content (AvgIpc) is 2.09. The topological polar surface area (TPSA) is 66.4 Å². The zero-order valence-electron chi connectivity index (χ0n) is 9.51. The molecule has 0 rings (SSSR count). The van der Waals surface area contributed by atoms with Gasteiger partial charge in [0.05, 0.1) is 0 Å². The molecule has 1 amide bonds. The molecule has 0 aliphatic rings. The van der Waals surface area contributed by atoms with Crippen LogP contribution in [0.25, 0.3) is 0 Å². The highest BCUT2D eigenvalue weighted by Gasteiger charge is 2.26. The van der Waals surface area contributed by atoms with Crippen LogP contribution in [0.1, 0.15) is 32.6 Å². The minimum absolute atomic E-state index is 0.0122. The zero-order valence-corrected chi connectivity index (χ0v) is 9.51. The maximum atomic E-state index is 11.8. The Balaban J connectivity index is 3.63. The highest BCUT2D eigenvalue weighted by Crippen LogP contribution is 2.20. The van der Waals surface area contributed by atoms with Gasteiger partial charge in [0.1, 0.15) is 0 Å². The summed E-state index contributed by atoms with van der Waals surface area (Å²) in [6.45, 7) is 1.56. The Morgan fingerprint density at radius 1 is 1.29 bits per heavy atom. The maximum absolute atomic E-state index is 11.8. The van der Waals surface area contributed by atoms with Crippen molar-refractivity contribution in [1.29, 1.82) is 0 Å². The van der Waals surface area contributed by atoms with Gasteiger partial charge in [-0.3, -0.25) is 9.59 Å². The van der Waals surface area contributed by atoms with E-state index < -0.39 is 24.5 Å². The molecule has 2 N–H and O–H groups in total. The molecule has 0 saturated heterocycles. The van der Waals surface area contributed by atoms with Gasteiger partial charge in [0.25, 0.3) is 0 Å². The molecular weight excluding hydrogens is 239 g/mol. The standard InChI is InChI=1S/C10H16F3NO3/c1-7(6-9(16)17)5-8(15)14-4-2-3-10(11,12)13/h7H,2-6H2,1H3,(H,14,15)(H,16,17). The van der Waals surface area contributed by atoms with Gasteiger partial charge in [0.15, 0.2) is 0 Å². The van der Waals surface area contributed by atoms with Crippen LogP contribution in [0.3, 0.4) is 0 Å². The summed E-state index contributed by atoms with van der Waals surface area (Å²) < 4.78 is 35.3. The normalized spacial score (nSPS) is 13.2. The number of hydrogen-bond acceptors (Lipinski definition) is 2. The lowest BCUT2D eigenvalue weighted by atomic mass is 10.0. The summed E-state index contributed by atoms with van der Waals surface area (Å²) in [5.41, 5.74) is 0. The molecule has 0 fully saturated rings. The van der Waals surface area contributed by atoms with Crippen LogP contribution in [0.5, 0.6) is 0 Å². The van der Waals surface area contributed by atoms with Crippen LogP contribution in [0.4, 0.5) is 13.2 Å². The van der Waals surface area contributed by atoms with Crippen LogP contribution in [-0.2, 0) is 9.59 Å². The van der Waals surface area contributed by atoms with Crippen molar-refractivity contribution >= 4 is 11.9 Å². The van der Waals surface area contributed by atoms with Gasteiger partial charge in [-0.1, -0.05) is 6.92 Å². The number of nitrogens with one attached hydrogen (secondary N) is 1. The lowest BCUT2D eigenvalue weighted by Crippen LogP contribution is -2.27. The van der Waals surface area contributed by atoms with Crippen LogP contribution in [0, 0.1) is 5.92 Å². The zero-order chi connectivity index (χ0) is 13.5. The van der Waals surface area contributed by atoms with Gasteiger partial charge < -0.3 is 10.4 Å². The van der Waals surface area contributed by atoms with E-state index in [9.17, 15) is 22.8 Å². The number of rotatable bonds is 7. The largest absolute Gasteiger partial charge is 0.481 e. The van der Waals surface area contributed by atoms with Crippen molar-refractivity contribution < 1.29 is 27.9 Å². The molecule has 17 heavy (non-hydrogen) atoms. The molecule has 0 aliphatic carbocycles. The van der Waals surface area contributed by atoms with Gasteiger partial charge in [-0.25, -0.2) is 0 Å². The molecule has 1 atom stereocenters. The van der Waals surface area contributed by atoms with Crippen molar-refractivity contribution in [3.8, 4) is 0 Å². The van der Waals surface area contributed by atoms with Crippen LogP contribution in [0.2, 0.25) is 0 Å². The van der Waals surface area contributed by atoms with Crippen molar-refractivity contribution in [2.45, 2.75) is 38.8 Å². The number of carboxylic acid groups (broad SMARTS) is 1. The minimum Gasteiger partial charge on any atom is -0.481 e. The van der Waals surface area contributed by atoms with Gasteiger partial charge in [0, 0.05) is 25.8 Å². The first-order valence-electron chi connectivity index (χ1n) is 5.26. The highest BCUT2D eigenvalue weighted by atomic mass is 19.4. The maximum Gasteiger partial charge on any atom is 0.389 e. The molecule has 7 heteroatoms. The monoisotopic (exact) mass is 255 g/mol. The van der Waals surface area contributed by atoms with Gasteiger partial charge in [0.2, 0.25) is 5.91 Å². The van der Waals surface area contributed by atoms with Crippen molar-refractivity contribution in [1.82, 2.24) is 5.32 Å². The Morgan fingerprint density at radius 2 is 1.88 bits per heavy atom. The summed E-state index contributed by atoms with van der Waals surface area (Å²) in [6, 6.07) is 0. The summed E-state index contributed by atoms with van der Waals surface area (Å²) in [4.78, 5) is 21.5. The Labute approximate surface area is 97.2 Å². The van der Waals surface area contributed by atoms with E-state index in [1.54, 1.807) is 6.92 Å². The van der Waals surface area contributed by atoms with Gasteiger partial charge >= 0.3 is 12.1 Å². The number of carboxylic acids is 1. The first-order valence-corrected chi connectivity index (χ1v) is 5.26. The van der Waals surface area contributed by atoms with Crippen LogP contribution < -0.4 is 5.32 Å². The third-order valence-corrected chi connectivity index (χ3v) is 2.02. The Bertz CT molecular complexity index is 266. The molecule has 1 unspecified atom stereocenters. The molecule has 0 aromatic rings. The predicted molar refractivity (Wildman–Crippen MR) is 54.3 cm³/mol. The van der Waals surface area contributed by atoms with Crippen LogP contribution in [-0.4, -0.2) is 29.7 Å². The minimum atomic E-state index is -4.21. The Morgan fingerprint density at radius 3 is 2.35 bits per heavy atom. The highest BCUT2D eigenvalue weighted by molar-refractivity contribution is 5.77. The molecule has 0 spiro atoms. The quantitative estimate of drug-likeness (QED) is 0.683. The molecule has 100 valence electrons. The van der Waals surface area contributed by atoms with E-state index in [2.05, 4.69) is 5.32 Å². The fourth-order valence-electron chi connectivity index (χ4n) is 1.28. The van der Waals surface area contributed by atoms with E-state index in [0.717, 1.165) is 0 Å². The molecule has 0 radical (unpaired) electrons. The molecule has 0 bridgehead atoms. The number of alkyl halides is 3. The van der Waals surface area contributed by atoms with Crippen molar-refractivity contribution in [2.75, 3.05) is 6.54 Å².